The van der Waals surface area contributed by atoms with Crippen LogP contribution in [-0.4, -0.2) is 14.5 Å². The van der Waals surface area contributed by atoms with Crippen molar-refractivity contribution in [2.45, 2.75) is 24.3 Å². The van der Waals surface area contributed by atoms with Crippen LogP contribution < -0.4 is 5.73 Å². The maximum Gasteiger partial charge on any atom is 0.200 e. The summed E-state index contributed by atoms with van der Waals surface area (Å²) < 4.78 is 23.0. The zero-order chi connectivity index (χ0) is 11.1. The van der Waals surface area contributed by atoms with E-state index in [4.69, 9.17) is 5.73 Å². The molecule has 2 rings (SSSR count). The van der Waals surface area contributed by atoms with Crippen molar-refractivity contribution in [1.29, 1.82) is 0 Å². The van der Waals surface area contributed by atoms with E-state index >= 15 is 0 Å². The topological polar surface area (TPSA) is 60.2 Å². The molecule has 15 heavy (non-hydrogen) atoms. The van der Waals surface area contributed by atoms with Crippen molar-refractivity contribution in [3.63, 3.8) is 0 Å². The standard InChI is InChI=1S/C11H13NO2S/c1-8(12)6-9-2-3-11-10(7-9)4-5-15(11,13)14/h2-5,7-8H,6,12H2,1H3. The van der Waals surface area contributed by atoms with Gasteiger partial charge in [-0.1, -0.05) is 12.1 Å². The predicted molar refractivity (Wildman–Crippen MR) is 60.0 cm³/mol. The lowest BCUT2D eigenvalue weighted by atomic mass is 10.0. The Morgan fingerprint density at radius 2 is 2.13 bits per heavy atom. The molecule has 1 unspecified atom stereocenters. The summed E-state index contributed by atoms with van der Waals surface area (Å²) in [6, 6.07) is 5.46. The Bertz CT molecular complexity index is 515. The Hall–Kier alpha value is -1.13. The Morgan fingerprint density at radius 1 is 1.40 bits per heavy atom. The van der Waals surface area contributed by atoms with E-state index in [0.29, 0.717) is 4.90 Å². The lowest BCUT2D eigenvalue weighted by Gasteiger charge is -2.06. The van der Waals surface area contributed by atoms with Gasteiger partial charge in [0, 0.05) is 11.4 Å². The number of nitrogens with two attached hydrogens (primary N) is 1. The van der Waals surface area contributed by atoms with Gasteiger partial charge in [0.2, 0.25) is 0 Å². The van der Waals surface area contributed by atoms with E-state index in [1.54, 1.807) is 12.1 Å². The summed E-state index contributed by atoms with van der Waals surface area (Å²) in [5.74, 6) is 0. The number of hydrogen-bond acceptors (Lipinski definition) is 3. The average molecular weight is 223 g/mol. The molecule has 1 aliphatic rings. The molecule has 0 bridgehead atoms. The van der Waals surface area contributed by atoms with Crippen LogP contribution in [-0.2, 0) is 16.3 Å². The molecule has 0 aromatic heterocycles. The Morgan fingerprint density at radius 3 is 2.80 bits per heavy atom. The molecule has 1 heterocycles. The minimum absolute atomic E-state index is 0.0880. The molecule has 0 spiro atoms. The fourth-order valence-corrected chi connectivity index (χ4v) is 2.91. The van der Waals surface area contributed by atoms with Gasteiger partial charge in [-0.2, -0.15) is 0 Å². The van der Waals surface area contributed by atoms with E-state index in [-0.39, 0.29) is 6.04 Å². The number of fused-ring (bicyclic) bond motifs is 1. The normalized spacial score (nSPS) is 18.8. The molecule has 1 aliphatic heterocycles. The van der Waals surface area contributed by atoms with Crippen LogP contribution in [0.15, 0.2) is 28.5 Å². The highest BCUT2D eigenvalue weighted by atomic mass is 32.2. The van der Waals surface area contributed by atoms with Crippen molar-refractivity contribution in [3.05, 3.63) is 34.7 Å². The van der Waals surface area contributed by atoms with Gasteiger partial charge in [0.05, 0.1) is 4.90 Å². The van der Waals surface area contributed by atoms with E-state index in [1.807, 2.05) is 19.1 Å². The summed E-state index contributed by atoms with van der Waals surface area (Å²) in [5, 5.41) is 1.24. The van der Waals surface area contributed by atoms with Gasteiger partial charge in [0.1, 0.15) is 0 Å². The second-order valence-corrected chi connectivity index (χ2v) is 5.70. The van der Waals surface area contributed by atoms with Gasteiger partial charge in [-0.25, -0.2) is 8.42 Å². The van der Waals surface area contributed by atoms with Gasteiger partial charge in [-0.05, 0) is 36.6 Å². The highest BCUT2D eigenvalue weighted by molar-refractivity contribution is 7.94. The first-order chi connectivity index (χ1) is 6.99. The second kappa shape index (κ2) is 3.47. The average Bonchev–Trinajstić information content (AvgIpc) is 2.41. The van der Waals surface area contributed by atoms with Crippen LogP contribution in [0.25, 0.3) is 6.08 Å². The van der Waals surface area contributed by atoms with E-state index in [0.717, 1.165) is 17.5 Å². The monoisotopic (exact) mass is 223 g/mol. The largest absolute Gasteiger partial charge is 0.328 e. The Labute approximate surface area is 89.5 Å². The zero-order valence-corrected chi connectivity index (χ0v) is 9.29. The zero-order valence-electron chi connectivity index (χ0n) is 8.47. The molecule has 0 aliphatic carbocycles. The lowest BCUT2D eigenvalue weighted by molar-refractivity contribution is 0.605. The third kappa shape index (κ3) is 1.96. The van der Waals surface area contributed by atoms with E-state index in [1.165, 1.54) is 5.41 Å². The highest BCUT2D eigenvalue weighted by Gasteiger charge is 2.20. The van der Waals surface area contributed by atoms with Crippen LogP contribution >= 0.6 is 0 Å². The van der Waals surface area contributed by atoms with Gasteiger partial charge in [0.15, 0.2) is 9.84 Å². The fourth-order valence-electron chi connectivity index (χ4n) is 1.72. The fraction of sp³-hybridized carbons (Fsp3) is 0.273. The summed E-state index contributed by atoms with van der Waals surface area (Å²) in [4.78, 5) is 0.399. The first-order valence-corrected chi connectivity index (χ1v) is 6.35. The van der Waals surface area contributed by atoms with Gasteiger partial charge in [-0.15, -0.1) is 0 Å². The van der Waals surface area contributed by atoms with Gasteiger partial charge >= 0.3 is 0 Å². The van der Waals surface area contributed by atoms with E-state index in [9.17, 15) is 8.42 Å². The molecule has 1 atom stereocenters. The van der Waals surface area contributed by atoms with Crippen molar-refractivity contribution < 1.29 is 8.42 Å². The molecule has 2 N–H and O–H groups in total. The molecule has 1 aromatic carbocycles. The van der Waals surface area contributed by atoms with E-state index in [2.05, 4.69) is 0 Å². The highest BCUT2D eigenvalue weighted by Crippen LogP contribution is 2.27. The first-order valence-electron chi connectivity index (χ1n) is 4.81. The molecule has 0 amide bonds. The number of sulfone groups is 1. The minimum atomic E-state index is -3.16. The summed E-state index contributed by atoms with van der Waals surface area (Å²) in [5.41, 5.74) is 7.53. The number of benzene rings is 1. The lowest BCUT2D eigenvalue weighted by Crippen LogP contribution is -2.17. The summed E-state index contributed by atoms with van der Waals surface area (Å²) in [6.45, 7) is 1.93. The molecule has 4 heteroatoms. The first kappa shape index (κ1) is 10.4. The second-order valence-electron chi connectivity index (χ2n) is 3.90. The predicted octanol–water partition coefficient (Wildman–Crippen LogP) is 1.33. The molecule has 0 radical (unpaired) electrons. The van der Waals surface area contributed by atoms with Gasteiger partial charge in [-0.3, -0.25) is 0 Å². The van der Waals surface area contributed by atoms with Crippen LogP contribution in [0.1, 0.15) is 18.1 Å². The molecular formula is C11H13NO2S. The van der Waals surface area contributed by atoms with Gasteiger partial charge < -0.3 is 5.73 Å². The summed E-state index contributed by atoms with van der Waals surface area (Å²) in [6.07, 6.45) is 2.40. The molecular weight excluding hydrogens is 210 g/mol. The van der Waals surface area contributed by atoms with Crippen molar-refractivity contribution >= 4 is 15.9 Å². The molecule has 0 saturated carbocycles. The van der Waals surface area contributed by atoms with Crippen LogP contribution in [0, 0.1) is 0 Å². The van der Waals surface area contributed by atoms with E-state index < -0.39 is 9.84 Å². The Kier molecular flexibility index (Phi) is 2.40. The van der Waals surface area contributed by atoms with Crippen LogP contribution in [0.5, 0.6) is 0 Å². The molecule has 80 valence electrons. The molecule has 0 fully saturated rings. The quantitative estimate of drug-likeness (QED) is 0.823. The number of rotatable bonds is 2. The maximum atomic E-state index is 11.5. The maximum absolute atomic E-state index is 11.5. The molecule has 1 aromatic rings. The van der Waals surface area contributed by atoms with Crippen LogP contribution in [0.2, 0.25) is 0 Å². The van der Waals surface area contributed by atoms with Crippen LogP contribution in [0.4, 0.5) is 0 Å². The third-order valence-electron chi connectivity index (χ3n) is 2.37. The molecule has 0 saturated heterocycles. The summed E-state index contributed by atoms with van der Waals surface area (Å²) in [7, 11) is -3.16. The number of hydrogen-bond donors (Lipinski definition) is 1. The van der Waals surface area contributed by atoms with Gasteiger partial charge in [0.25, 0.3) is 0 Å². The van der Waals surface area contributed by atoms with Crippen molar-refractivity contribution in [3.8, 4) is 0 Å². The minimum Gasteiger partial charge on any atom is -0.328 e. The van der Waals surface area contributed by atoms with Crippen molar-refractivity contribution in [1.82, 2.24) is 0 Å². The Balaban J connectivity index is 2.42. The molecule has 3 nitrogen and oxygen atoms in total. The van der Waals surface area contributed by atoms with Crippen molar-refractivity contribution in [2.24, 2.45) is 5.73 Å². The smallest absolute Gasteiger partial charge is 0.200 e. The summed E-state index contributed by atoms with van der Waals surface area (Å²) >= 11 is 0. The SMILES string of the molecule is CC(N)Cc1ccc2c(c1)C=CS2(=O)=O. The van der Waals surface area contributed by atoms with Crippen LogP contribution in [0.3, 0.4) is 0 Å². The van der Waals surface area contributed by atoms with Crippen molar-refractivity contribution in [2.75, 3.05) is 0 Å². The third-order valence-corrected chi connectivity index (χ3v) is 3.84.